The number of halogens is 2. The highest BCUT2D eigenvalue weighted by atomic mass is 79.9. The van der Waals surface area contributed by atoms with E-state index in [1.165, 1.54) is 0 Å². The highest BCUT2D eigenvalue weighted by Crippen LogP contribution is 2.20. The Kier molecular flexibility index (Phi) is 5.15. The molecule has 0 aliphatic carbocycles. The van der Waals surface area contributed by atoms with E-state index in [1.54, 1.807) is 18.3 Å². The van der Waals surface area contributed by atoms with Crippen molar-refractivity contribution >= 4 is 33.4 Å². The Bertz CT molecular complexity index is 601. The highest BCUT2D eigenvalue weighted by molar-refractivity contribution is 9.10. The maximum atomic E-state index is 12.2. The molecule has 0 spiro atoms. The van der Waals surface area contributed by atoms with E-state index in [0.717, 1.165) is 16.5 Å². The van der Waals surface area contributed by atoms with Crippen LogP contribution >= 0.6 is 27.5 Å². The van der Waals surface area contributed by atoms with Crippen molar-refractivity contribution in [3.8, 4) is 0 Å². The van der Waals surface area contributed by atoms with Crippen LogP contribution in [0.25, 0.3) is 0 Å². The summed E-state index contributed by atoms with van der Waals surface area (Å²) in [5.41, 5.74) is 1.39. The second kappa shape index (κ2) is 6.86. The van der Waals surface area contributed by atoms with Crippen LogP contribution < -0.4 is 5.32 Å². The minimum Gasteiger partial charge on any atom is -0.344 e. The molecule has 1 unspecified atom stereocenters. The molecule has 0 radical (unpaired) electrons. The van der Waals surface area contributed by atoms with Crippen LogP contribution in [0.15, 0.2) is 47.1 Å². The largest absolute Gasteiger partial charge is 0.344 e. The maximum Gasteiger partial charge on any atom is 0.270 e. The van der Waals surface area contributed by atoms with Crippen LogP contribution in [0.4, 0.5) is 0 Å². The van der Waals surface area contributed by atoms with Gasteiger partial charge in [-0.2, -0.15) is 0 Å². The van der Waals surface area contributed by atoms with Gasteiger partial charge in [-0.3, -0.25) is 4.79 Å². The Morgan fingerprint density at radius 2 is 2.20 bits per heavy atom. The molecule has 0 fully saturated rings. The Hall–Kier alpha value is -1.39. The molecule has 5 heteroatoms. The molecular weight excluding hydrogens is 340 g/mol. The number of nitrogens with zero attached hydrogens (tertiary/aromatic N) is 1. The molecule has 1 N–H and O–H groups in total. The summed E-state index contributed by atoms with van der Waals surface area (Å²) in [6, 6.07) is 10.9. The summed E-state index contributed by atoms with van der Waals surface area (Å²) >= 11 is 9.28. The van der Waals surface area contributed by atoms with Gasteiger partial charge in [0.2, 0.25) is 0 Å². The summed E-state index contributed by atoms with van der Waals surface area (Å²) < 4.78 is 0.843. The lowest BCUT2D eigenvalue weighted by molar-refractivity contribution is 0.0930. The molecule has 1 aromatic heterocycles. The minimum atomic E-state index is -0.190. The first-order chi connectivity index (χ1) is 9.60. The Morgan fingerprint density at radius 3 is 2.80 bits per heavy atom. The van der Waals surface area contributed by atoms with Gasteiger partial charge in [0.1, 0.15) is 5.69 Å². The second-order valence-corrected chi connectivity index (χ2v) is 5.70. The third-order valence-electron chi connectivity index (χ3n) is 2.92. The zero-order valence-corrected chi connectivity index (χ0v) is 13.3. The first-order valence-corrected chi connectivity index (χ1v) is 7.45. The Morgan fingerprint density at radius 1 is 1.40 bits per heavy atom. The van der Waals surface area contributed by atoms with Crippen LogP contribution in [0.1, 0.15) is 35.4 Å². The number of hydrogen-bond acceptors (Lipinski definition) is 2. The molecule has 20 heavy (non-hydrogen) atoms. The van der Waals surface area contributed by atoms with Gasteiger partial charge in [-0.1, -0.05) is 30.7 Å². The SMILES string of the molecule is CCC(NC(=O)c1ccc(Br)cn1)c1cccc(Cl)c1. The van der Waals surface area contributed by atoms with Gasteiger partial charge in [-0.15, -0.1) is 0 Å². The summed E-state index contributed by atoms with van der Waals surface area (Å²) in [6.07, 6.45) is 2.39. The number of benzene rings is 1. The van der Waals surface area contributed by atoms with E-state index < -0.39 is 0 Å². The molecule has 2 rings (SSSR count). The van der Waals surface area contributed by atoms with Gasteiger partial charge in [0, 0.05) is 15.7 Å². The molecule has 3 nitrogen and oxygen atoms in total. The number of amides is 1. The van der Waals surface area contributed by atoms with Crippen LogP contribution in [0.5, 0.6) is 0 Å². The lowest BCUT2D eigenvalue weighted by Gasteiger charge is -2.17. The molecule has 0 aliphatic heterocycles. The van der Waals surface area contributed by atoms with Crippen molar-refractivity contribution in [2.75, 3.05) is 0 Å². The van der Waals surface area contributed by atoms with Gasteiger partial charge >= 0.3 is 0 Å². The molecule has 2 aromatic rings. The predicted molar refractivity (Wildman–Crippen MR) is 83.9 cm³/mol. The maximum absolute atomic E-state index is 12.2. The average molecular weight is 354 g/mol. The molecule has 1 atom stereocenters. The van der Waals surface area contributed by atoms with E-state index in [1.807, 2.05) is 31.2 Å². The van der Waals surface area contributed by atoms with Crippen LogP contribution in [-0.4, -0.2) is 10.9 Å². The van der Waals surface area contributed by atoms with Gasteiger partial charge in [0.15, 0.2) is 0 Å². The standard InChI is InChI=1S/C15H14BrClN2O/c1-2-13(10-4-3-5-12(17)8-10)19-15(20)14-7-6-11(16)9-18-14/h3-9,13H,2H2,1H3,(H,19,20). The van der Waals surface area contributed by atoms with Crippen LogP contribution in [-0.2, 0) is 0 Å². The fourth-order valence-electron chi connectivity index (χ4n) is 1.89. The van der Waals surface area contributed by atoms with Crippen LogP contribution in [0.2, 0.25) is 5.02 Å². The number of carbonyl (C=O) groups is 1. The molecule has 104 valence electrons. The van der Waals surface area contributed by atoms with Gasteiger partial charge in [0.25, 0.3) is 5.91 Å². The molecule has 1 amide bonds. The van der Waals surface area contributed by atoms with E-state index in [-0.39, 0.29) is 11.9 Å². The first kappa shape index (κ1) is 15.0. The third kappa shape index (κ3) is 3.81. The lowest BCUT2D eigenvalue weighted by Crippen LogP contribution is -2.28. The topological polar surface area (TPSA) is 42.0 Å². The van der Waals surface area contributed by atoms with Crippen LogP contribution in [0, 0.1) is 0 Å². The number of carbonyl (C=O) groups excluding carboxylic acids is 1. The number of rotatable bonds is 4. The van der Waals surface area contributed by atoms with Crippen molar-refractivity contribution in [1.82, 2.24) is 10.3 Å². The van der Waals surface area contributed by atoms with Gasteiger partial charge < -0.3 is 5.32 Å². The molecule has 0 bridgehead atoms. The number of nitrogens with one attached hydrogen (secondary N) is 1. The summed E-state index contributed by atoms with van der Waals surface area (Å²) in [7, 11) is 0. The van der Waals surface area contributed by atoms with Crippen LogP contribution in [0.3, 0.4) is 0 Å². The van der Waals surface area contributed by atoms with Crippen molar-refractivity contribution in [3.05, 3.63) is 63.3 Å². The smallest absolute Gasteiger partial charge is 0.270 e. The van der Waals surface area contributed by atoms with Gasteiger partial charge in [-0.05, 0) is 52.2 Å². The van der Waals surface area contributed by atoms with Crippen molar-refractivity contribution < 1.29 is 4.79 Å². The molecule has 0 saturated heterocycles. The summed E-state index contributed by atoms with van der Waals surface area (Å²) in [5, 5.41) is 3.63. The quantitative estimate of drug-likeness (QED) is 0.886. The van der Waals surface area contributed by atoms with Crippen molar-refractivity contribution in [3.63, 3.8) is 0 Å². The third-order valence-corrected chi connectivity index (χ3v) is 3.63. The van der Waals surface area contributed by atoms with Gasteiger partial charge in [-0.25, -0.2) is 4.98 Å². The highest BCUT2D eigenvalue weighted by Gasteiger charge is 2.15. The molecule has 0 aliphatic rings. The molecule has 1 heterocycles. The average Bonchev–Trinajstić information content (AvgIpc) is 2.45. The Labute approximate surface area is 131 Å². The zero-order valence-electron chi connectivity index (χ0n) is 10.9. The summed E-state index contributed by atoms with van der Waals surface area (Å²) in [4.78, 5) is 16.3. The fourth-order valence-corrected chi connectivity index (χ4v) is 2.32. The van der Waals surface area contributed by atoms with E-state index in [9.17, 15) is 4.79 Å². The lowest BCUT2D eigenvalue weighted by atomic mass is 10.0. The molecule has 1 aromatic carbocycles. The number of aromatic nitrogens is 1. The predicted octanol–water partition coefficient (Wildman–Crippen LogP) is 4.38. The molecular formula is C15H14BrClN2O. The van der Waals surface area contributed by atoms with Crippen molar-refractivity contribution in [2.45, 2.75) is 19.4 Å². The number of pyridine rings is 1. The first-order valence-electron chi connectivity index (χ1n) is 6.28. The normalized spacial score (nSPS) is 11.9. The molecule has 0 saturated carbocycles. The summed E-state index contributed by atoms with van der Waals surface area (Å²) in [6.45, 7) is 2.01. The fraction of sp³-hybridized carbons (Fsp3) is 0.200. The van der Waals surface area contributed by atoms with E-state index in [2.05, 4.69) is 26.2 Å². The van der Waals surface area contributed by atoms with E-state index in [0.29, 0.717) is 10.7 Å². The van der Waals surface area contributed by atoms with E-state index in [4.69, 9.17) is 11.6 Å². The van der Waals surface area contributed by atoms with E-state index >= 15 is 0 Å². The van der Waals surface area contributed by atoms with Crippen molar-refractivity contribution in [1.29, 1.82) is 0 Å². The number of hydrogen-bond donors (Lipinski definition) is 1. The minimum absolute atomic E-state index is 0.0772. The van der Waals surface area contributed by atoms with Crippen molar-refractivity contribution in [2.24, 2.45) is 0 Å². The summed E-state index contributed by atoms with van der Waals surface area (Å²) in [5.74, 6) is -0.190. The zero-order chi connectivity index (χ0) is 14.5. The monoisotopic (exact) mass is 352 g/mol. The Balaban J connectivity index is 2.14. The second-order valence-electron chi connectivity index (χ2n) is 4.35. The van der Waals surface area contributed by atoms with Gasteiger partial charge in [0.05, 0.1) is 6.04 Å².